The fourth-order valence-corrected chi connectivity index (χ4v) is 1.64. The Labute approximate surface area is 113 Å². The smallest absolute Gasteiger partial charge is 0.264 e. The van der Waals surface area contributed by atoms with E-state index in [2.05, 4.69) is 20.7 Å². The van der Waals surface area contributed by atoms with Crippen LogP contribution in [0, 0.1) is 0 Å². The molecule has 0 aliphatic rings. The Balaban J connectivity index is 1.88. The fraction of sp³-hybridized carbons (Fsp3) is 0.0833. The number of benzene rings is 1. The van der Waals surface area contributed by atoms with Gasteiger partial charge in [-0.3, -0.25) is 14.7 Å². The highest BCUT2D eigenvalue weighted by Crippen LogP contribution is 2.08. The van der Waals surface area contributed by atoms with Gasteiger partial charge in [-0.05, 0) is 17.7 Å². The Morgan fingerprint density at radius 1 is 1.37 bits per heavy atom. The van der Waals surface area contributed by atoms with Gasteiger partial charge in [-0.25, -0.2) is 5.43 Å². The van der Waals surface area contributed by atoms with Gasteiger partial charge in [0.15, 0.2) is 0 Å². The number of hydrogen-bond donors (Lipinski definition) is 3. The second-order valence-electron chi connectivity index (χ2n) is 3.81. The summed E-state index contributed by atoms with van der Waals surface area (Å²) in [5.74, 6) is -0.325. The average molecular weight is 279 g/mol. The van der Waals surface area contributed by atoms with Crippen LogP contribution in [-0.2, 0) is 11.2 Å². The van der Waals surface area contributed by atoms with Gasteiger partial charge >= 0.3 is 0 Å². The van der Waals surface area contributed by atoms with Crippen LogP contribution in [0.1, 0.15) is 11.3 Å². The Morgan fingerprint density at radius 3 is 2.89 bits per heavy atom. The highest BCUT2D eigenvalue weighted by Gasteiger charge is 2.03. The largest absolute Gasteiger partial charge is 0.302 e. The van der Waals surface area contributed by atoms with Crippen molar-refractivity contribution in [3.8, 4) is 0 Å². The van der Waals surface area contributed by atoms with E-state index in [1.165, 1.54) is 12.3 Å². The van der Waals surface area contributed by atoms with Crippen molar-refractivity contribution >= 4 is 23.7 Å². The molecule has 0 fully saturated rings. The summed E-state index contributed by atoms with van der Waals surface area (Å²) >= 11 is 5.81. The first-order valence-corrected chi connectivity index (χ1v) is 5.85. The third-order valence-corrected chi connectivity index (χ3v) is 2.49. The summed E-state index contributed by atoms with van der Waals surface area (Å²) in [6.07, 6.45) is 1.54. The molecule has 3 N–H and O–H groups in total. The first-order chi connectivity index (χ1) is 9.13. The fourth-order valence-electron chi connectivity index (χ4n) is 1.45. The molecule has 1 aromatic carbocycles. The molecule has 0 saturated heterocycles. The van der Waals surface area contributed by atoms with Gasteiger partial charge in [0.1, 0.15) is 0 Å². The standard InChI is InChI=1S/C12H11ClN4O2/c13-9-3-1-2-8(4-9)7-14-16-11(18)5-10-6-12(19)17-15-10/h1-4,6-7H,5H2,(H,16,18)(H2,15,17,19)/b14-7+. The molecule has 0 aliphatic carbocycles. The van der Waals surface area contributed by atoms with Crippen LogP contribution in [-0.4, -0.2) is 22.3 Å². The van der Waals surface area contributed by atoms with Gasteiger partial charge in [-0.15, -0.1) is 0 Å². The molecule has 0 atom stereocenters. The van der Waals surface area contributed by atoms with Gasteiger partial charge in [-0.1, -0.05) is 23.7 Å². The topological polar surface area (TPSA) is 90.1 Å². The van der Waals surface area contributed by atoms with E-state index in [4.69, 9.17) is 11.6 Å². The lowest BCUT2D eigenvalue weighted by Gasteiger charge is -1.97. The number of amides is 1. The summed E-state index contributed by atoms with van der Waals surface area (Å²) in [6.45, 7) is 0. The monoisotopic (exact) mass is 278 g/mol. The minimum Gasteiger partial charge on any atom is -0.302 e. The number of carbonyl (C=O) groups is 1. The summed E-state index contributed by atoms with van der Waals surface area (Å²) in [6, 6.07) is 8.39. The summed E-state index contributed by atoms with van der Waals surface area (Å²) in [7, 11) is 0. The molecule has 2 aromatic rings. The highest BCUT2D eigenvalue weighted by atomic mass is 35.5. The average Bonchev–Trinajstić information content (AvgIpc) is 2.75. The molecule has 7 heteroatoms. The van der Waals surface area contributed by atoms with Gasteiger partial charge in [0.05, 0.1) is 12.6 Å². The maximum absolute atomic E-state index is 11.5. The molecule has 0 radical (unpaired) electrons. The zero-order chi connectivity index (χ0) is 13.7. The number of hydrogen-bond acceptors (Lipinski definition) is 3. The Kier molecular flexibility index (Phi) is 4.15. The van der Waals surface area contributed by atoms with E-state index in [1.54, 1.807) is 18.2 Å². The number of carbonyl (C=O) groups excluding carboxylic acids is 1. The molecule has 0 saturated carbocycles. The van der Waals surface area contributed by atoms with Gasteiger partial charge in [-0.2, -0.15) is 5.10 Å². The van der Waals surface area contributed by atoms with Crippen LogP contribution in [0.2, 0.25) is 5.02 Å². The Morgan fingerprint density at radius 2 is 2.21 bits per heavy atom. The van der Waals surface area contributed by atoms with E-state index in [1.807, 2.05) is 6.07 Å². The van der Waals surface area contributed by atoms with Crippen molar-refractivity contribution in [3.05, 3.63) is 57.0 Å². The van der Waals surface area contributed by atoms with Crippen LogP contribution in [0.4, 0.5) is 0 Å². The number of aromatic nitrogens is 2. The third kappa shape index (κ3) is 4.11. The minimum atomic E-state index is -0.325. The molecule has 0 spiro atoms. The molecule has 0 unspecified atom stereocenters. The van der Waals surface area contributed by atoms with Crippen molar-refractivity contribution in [2.24, 2.45) is 5.10 Å². The van der Waals surface area contributed by atoms with E-state index in [0.717, 1.165) is 5.56 Å². The molecule has 1 heterocycles. The molecular formula is C12H11ClN4O2. The zero-order valence-corrected chi connectivity index (χ0v) is 10.6. The number of rotatable bonds is 4. The SMILES string of the molecule is O=C(Cc1cc(=O)[nH][nH]1)N/N=C/c1cccc(Cl)c1. The first kappa shape index (κ1) is 13.1. The van der Waals surface area contributed by atoms with Crippen LogP contribution in [0.25, 0.3) is 0 Å². The van der Waals surface area contributed by atoms with Crippen LogP contribution in [0.3, 0.4) is 0 Å². The second kappa shape index (κ2) is 6.01. The first-order valence-electron chi connectivity index (χ1n) is 5.47. The van der Waals surface area contributed by atoms with Crippen LogP contribution < -0.4 is 11.0 Å². The number of hydrazone groups is 1. The lowest BCUT2D eigenvalue weighted by molar-refractivity contribution is -0.120. The second-order valence-corrected chi connectivity index (χ2v) is 4.25. The molecule has 1 aromatic heterocycles. The molecular weight excluding hydrogens is 268 g/mol. The molecule has 1 amide bonds. The van der Waals surface area contributed by atoms with E-state index < -0.39 is 0 Å². The molecule has 98 valence electrons. The van der Waals surface area contributed by atoms with E-state index in [-0.39, 0.29) is 17.9 Å². The van der Waals surface area contributed by atoms with E-state index in [0.29, 0.717) is 10.7 Å². The van der Waals surface area contributed by atoms with Crippen LogP contribution in [0.5, 0.6) is 0 Å². The van der Waals surface area contributed by atoms with E-state index in [9.17, 15) is 9.59 Å². The summed E-state index contributed by atoms with van der Waals surface area (Å²) in [5.41, 5.74) is 3.37. The summed E-state index contributed by atoms with van der Waals surface area (Å²) < 4.78 is 0. The quantitative estimate of drug-likeness (QED) is 0.576. The van der Waals surface area contributed by atoms with Crippen LogP contribution >= 0.6 is 11.6 Å². The zero-order valence-electron chi connectivity index (χ0n) is 9.81. The molecule has 2 rings (SSSR count). The Bertz CT molecular complexity index is 659. The third-order valence-electron chi connectivity index (χ3n) is 2.25. The minimum absolute atomic E-state index is 0.0472. The highest BCUT2D eigenvalue weighted by molar-refractivity contribution is 6.30. The lowest BCUT2D eigenvalue weighted by atomic mass is 10.2. The summed E-state index contributed by atoms with van der Waals surface area (Å²) in [4.78, 5) is 22.3. The maximum Gasteiger partial charge on any atom is 0.264 e. The van der Waals surface area contributed by atoms with Gasteiger partial charge in [0, 0.05) is 16.8 Å². The van der Waals surface area contributed by atoms with Crippen molar-refractivity contribution in [3.63, 3.8) is 0 Å². The number of H-pyrrole nitrogens is 2. The van der Waals surface area contributed by atoms with Gasteiger partial charge in [0.2, 0.25) is 5.91 Å². The van der Waals surface area contributed by atoms with Crippen molar-refractivity contribution < 1.29 is 4.79 Å². The van der Waals surface area contributed by atoms with Crippen molar-refractivity contribution in [2.45, 2.75) is 6.42 Å². The van der Waals surface area contributed by atoms with Crippen LogP contribution in [0.15, 0.2) is 40.2 Å². The van der Waals surface area contributed by atoms with Gasteiger partial charge < -0.3 is 5.10 Å². The number of nitrogens with zero attached hydrogens (tertiary/aromatic N) is 1. The predicted octanol–water partition coefficient (Wildman–Crippen LogP) is 1.05. The molecule has 0 aliphatic heterocycles. The van der Waals surface area contributed by atoms with Crippen molar-refractivity contribution in [1.82, 2.24) is 15.6 Å². The lowest BCUT2D eigenvalue weighted by Crippen LogP contribution is -2.20. The van der Waals surface area contributed by atoms with Crippen molar-refractivity contribution in [2.75, 3.05) is 0 Å². The van der Waals surface area contributed by atoms with E-state index >= 15 is 0 Å². The normalized spacial score (nSPS) is 10.8. The molecule has 19 heavy (non-hydrogen) atoms. The molecule has 0 bridgehead atoms. The predicted molar refractivity (Wildman–Crippen MR) is 72.3 cm³/mol. The molecule has 6 nitrogen and oxygen atoms in total. The Hall–Kier alpha value is -2.34. The number of halogens is 1. The van der Waals surface area contributed by atoms with Gasteiger partial charge in [0.25, 0.3) is 5.56 Å². The summed E-state index contributed by atoms with van der Waals surface area (Å²) in [5, 5.41) is 9.33. The number of nitrogens with one attached hydrogen (secondary N) is 3. The van der Waals surface area contributed by atoms with Crippen molar-refractivity contribution in [1.29, 1.82) is 0 Å². The number of aromatic amines is 2. The maximum atomic E-state index is 11.5.